The second kappa shape index (κ2) is 5.10. The Balaban J connectivity index is 1.69. The first kappa shape index (κ1) is 12.3. The van der Waals surface area contributed by atoms with Crippen LogP contribution >= 0.6 is 0 Å². The van der Waals surface area contributed by atoms with Gasteiger partial charge in [0.1, 0.15) is 5.76 Å². The van der Waals surface area contributed by atoms with Gasteiger partial charge in [-0.15, -0.1) is 0 Å². The molecule has 2 aromatic heterocycles. The third-order valence-corrected chi connectivity index (χ3v) is 3.49. The molecule has 1 N–H and O–H groups in total. The molecule has 3 rings (SSSR count). The van der Waals surface area contributed by atoms with E-state index in [-0.39, 0.29) is 12.0 Å². The van der Waals surface area contributed by atoms with Gasteiger partial charge in [0.25, 0.3) is 0 Å². The molecule has 0 radical (unpaired) electrons. The Morgan fingerprint density at radius 1 is 1.47 bits per heavy atom. The molecule has 0 saturated carbocycles. The summed E-state index contributed by atoms with van der Waals surface area (Å²) >= 11 is 0. The summed E-state index contributed by atoms with van der Waals surface area (Å²) in [6, 6.07) is 0. The Morgan fingerprint density at radius 3 is 3.00 bits per heavy atom. The Morgan fingerprint density at radius 2 is 2.37 bits per heavy atom. The molecular weight excluding hydrogens is 246 g/mol. The first-order valence-corrected chi connectivity index (χ1v) is 6.28. The number of nitrogens with zero attached hydrogens (tertiary/aromatic N) is 4. The summed E-state index contributed by atoms with van der Waals surface area (Å²) in [6.07, 6.45) is 3.63. The fourth-order valence-corrected chi connectivity index (χ4v) is 2.56. The number of rotatable bonds is 4. The fourth-order valence-electron chi connectivity index (χ4n) is 2.56. The molecular formula is C12H17N5O2. The highest BCUT2D eigenvalue weighted by atomic mass is 16.5. The van der Waals surface area contributed by atoms with Gasteiger partial charge < -0.3 is 9.15 Å². The van der Waals surface area contributed by atoms with Crippen molar-refractivity contribution in [3.63, 3.8) is 0 Å². The van der Waals surface area contributed by atoms with E-state index in [1.165, 1.54) is 0 Å². The SMILES string of the molecule is CO[C@@H]1CN(Cc2ncc(C)o2)C[C@H]1c1cn[nH]n1. The van der Waals surface area contributed by atoms with Gasteiger partial charge in [0, 0.05) is 26.1 Å². The molecule has 1 aliphatic heterocycles. The number of hydrogen-bond acceptors (Lipinski definition) is 6. The van der Waals surface area contributed by atoms with Gasteiger partial charge in [-0.3, -0.25) is 4.90 Å². The van der Waals surface area contributed by atoms with Crippen molar-refractivity contribution in [2.75, 3.05) is 20.2 Å². The van der Waals surface area contributed by atoms with Gasteiger partial charge in [0.15, 0.2) is 0 Å². The van der Waals surface area contributed by atoms with Crippen LogP contribution in [0.5, 0.6) is 0 Å². The summed E-state index contributed by atoms with van der Waals surface area (Å²) in [4.78, 5) is 6.50. The third kappa shape index (κ3) is 2.52. The van der Waals surface area contributed by atoms with Crippen LogP contribution in [-0.4, -0.2) is 51.6 Å². The Kier molecular flexibility index (Phi) is 3.31. The maximum absolute atomic E-state index is 5.55. The van der Waals surface area contributed by atoms with Gasteiger partial charge in [-0.2, -0.15) is 15.4 Å². The molecule has 0 aliphatic carbocycles. The lowest BCUT2D eigenvalue weighted by atomic mass is 10.0. The van der Waals surface area contributed by atoms with E-state index in [0.29, 0.717) is 6.54 Å². The van der Waals surface area contributed by atoms with Crippen LogP contribution in [0.15, 0.2) is 16.8 Å². The summed E-state index contributed by atoms with van der Waals surface area (Å²) in [5.74, 6) is 1.82. The average Bonchev–Trinajstić information content (AvgIpc) is 3.10. The number of H-pyrrole nitrogens is 1. The lowest BCUT2D eigenvalue weighted by molar-refractivity contribution is 0.0948. The maximum Gasteiger partial charge on any atom is 0.208 e. The third-order valence-electron chi connectivity index (χ3n) is 3.49. The Labute approximate surface area is 111 Å². The van der Waals surface area contributed by atoms with Gasteiger partial charge in [-0.25, -0.2) is 4.98 Å². The predicted octanol–water partition coefficient (Wildman–Crippen LogP) is 0.716. The van der Waals surface area contributed by atoms with Crippen LogP contribution in [-0.2, 0) is 11.3 Å². The molecule has 1 saturated heterocycles. The van der Waals surface area contributed by atoms with Crippen molar-refractivity contribution < 1.29 is 9.15 Å². The Hall–Kier alpha value is -1.73. The van der Waals surface area contributed by atoms with Crippen LogP contribution in [0.1, 0.15) is 23.3 Å². The minimum Gasteiger partial charge on any atom is -0.445 e. The number of aromatic amines is 1. The second-order valence-electron chi connectivity index (χ2n) is 4.83. The summed E-state index contributed by atoms with van der Waals surface area (Å²) in [6.45, 7) is 4.31. The molecule has 0 amide bonds. The van der Waals surface area contributed by atoms with Crippen molar-refractivity contribution in [1.82, 2.24) is 25.3 Å². The van der Waals surface area contributed by atoms with Crippen molar-refractivity contribution in [3.8, 4) is 0 Å². The van der Waals surface area contributed by atoms with Crippen LogP contribution in [0.4, 0.5) is 0 Å². The molecule has 7 heteroatoms. The lowest BCUT2D eigenvalue weighted by Gasteiger charge is -2.13. The quantitative estimate of drug-likeness (QED) is 0.875. The van der Waals surface area contributed by atoms with Crippen LogP contribution in [0.25, 0.3) is 0 Å². The molecule has 7 nitrogen and oxygen atoms in total. The van der Waals surface area contributed by atoms with Crippen molar-refractivity contribution >= 4 is 0 Å². The number of nitrogens with one attached hydrogen (secondary N) is 1. The van der Waals surface area contributed by atoms with Crippen LogP contribution in [0.2, 0.25) is 0 Å². The van der Waals surface area contributed by atoms with Gasteiger partial charge in [-0.05, 0) is 6.92 Å². The average molecular weight is 263 g/mol. The molecule has 1 aliphatic rings. The highest BCUT2D eigenvalue weighted by molar-refractivity contribution is 5.09. The second-order valence-corrected chi connectivity index (χ2v) is 4.83. The standard InChI is InChI=1S/C12H17N5O2/c1-8-3-13-12(19-8)7-17-5-9(11(6-17)18-2)10-4-14-16-15-10/h3-4,9,11H,5-7H2,1-2H3,(H,14,15,16)/t9-,11+/m0/s1. The Bertz CT molecular complexity index is 524. The number of hydrogen-bond donors (Lipinski definition) is 1. The first-order chi connectivity index (χ1) is 9.26. The zero-order chi connectivity index (χ0) is 13.2. The molecule has 19 heavy (non-hydrogen) atoms. The molecule has 0 unspecified atom stereocenters. The van der Waals surface area contributed by atoms with E-state index in [2.05, 4.69) is 25.3 Å². The molecule has 0 spiro atoms. The highest BCUT2D eigenvalue weighted by Crippen LogP contribution is 2.28. The number of aromatic nitrogens is 4. The number of ether oxygens (including phenoxy) is 1. The minimum atomic E-state index is 0.126. The molecule has 1 fully saturated rings. The number of oxazole rings is 1. The largest absolute Gasteiger partial charge is 0.445 e. The summed E-state index contributed by atoms with van der Waals surface area (Å²) in [5.41, 5.74) is 0.943. The van der Waals surface area contributed by atoms with Crippen molar-refractivity contribution in [3.05, 3.63) is 29.7 Å². The number of likely N-dealkylation sites (tertiary alicyclic amines) is 1. The van der Waals surface area contributed by atoms with Crippen molar-refractivity contribution in [1.29, 1.82) is 0 Å². The molecule has 0 aromatic carbocycles. The van der Waals surface area contributed by atoms with E-state index in [1.807, 2.05) is 6.92 Å². The zero-order valence-corrected chi connectivity index (χ0v) is 11.0. The minimum absolute atomic E-state index is 0.126. The van der Waals surface area contributed by atoms with Crippen LogP contribution < -0.4 is 0 Å². The van der Waals surface area contributed by atoms with Gasteiger partial charge in [0.2, 0.25) is 5.89 Å². The highest BCUT2D eigenvalue weighted by Gasteiger charge is 2.35. The van der Waals surface area contributed by atoms with Crippen LogP contribution in [0, 0.1) is 6.92 Å². The topological polar surface area (TPSA) is 80.1 Å². The predicted molar refractivity (Wildman–Crippen MR) is 66.4 cm³/mol. The van der Waals surface area contributed by atoms with E-state index in [1.54, 1.807) is 19.5 Å². The van der Waals surface area contributed by atoms with E-state index in [4.69, 9.17) is 9.15 Å². The lowest BCUT2D eigenvalue weighted by Crippen LogP contribution is -2.22. The molecule has 0 bridgehead atoms. The summed E-state index contributed by atoms with van der Waals surface area (Å²) in [5, 5.41) is 10.7. The van der Waals surface area contributed by atoms with E-state index in [0.717, 1.165) is 30.4 Å². The monoisotopic (exact) mass is 263 g/mol. The molecule has 102 valence electrons. The summed E-state index contributed by atoms with van der Waals surface area (Å²) < 4.78 is 11.1. The zero-order valence-electron chi connectivity index (χ0n) is 11.0. The number of aryl methyl sites for hydroxylation is 1. The van der Waals surface area contributed by atoms with Crippen LogP contribution in [0.3, 0.4) is 0 Å². The van der Waals surface area contributed by atoms with E-state index in [9.17, 15) is 0 Å². The molecule has 3 heterocycles. The van der Waals surface area contributed by atoms with E-state index < -0.39 is 0 Å². The molecule has 2 aromatic rings. The van der Waals surface area contributed by atoms with E-state index >= 15 is 0 Å². The molecule has 2 atom stereocenters. The first-order valence-electron chi connectivity index (χ1n) is 6.28. The van der Waals surface area contributed by atoms with Crippen molar-refractivity contribution in [2.24, 2.45) is 0 Å². The number of methoxy groups -OCH3 is 1. The van der Waals surface area contributed by atoms with Gasteiger partial charge in [0.05, 0.1) is 30.7 Å². The van der Waals surface area contributed by atoms with Crippen molar-refractivity contribution in [2.45, 2.75) is 25.5 Å². The maximum atomic E-state index is 5.55. The van der Waals surface area contributed by atoms with Gasteiger partial charge in [-0.1, -0.05) is 0 Å². The fraction of sp³-hybridized carbons (Fsp3) is 0.583. The smallest absolute Gasteiger partial charge is 0.208 e. The normalized spacial score (nSPS) is 24.1. The van der Waals surface area contributed by atoms with Gasteiger partial charge >= 0.3 is 0 Å². The summed E-state index contributed by atoms with van der Waals surface area (Å²) in [7, 11) is 1.73.